The van der Waals surface area contributed by atoms with Crippen molar-refractivity contribution >= 4 is 34.8 Å². The Morgan fingerprint density at radius 1 is 1.21 bits per heavy atom. The molecule has 19 heavy (non-hydrogen) atoms. The first-order valence-corrected chi connectivity index (χ1v) is 7.40. The standard InChI is InChI=1S/C13H16Cl3NO2/c14-10-6-12(16)13(7-11(10)15)19-5-3-17-8-9-2-1-4-18-9/h6-7,9,17H,1-5,8H2. The summed E-state index contributed by atoms with van der Waals surface area (Å²) < 4.78 is 11.1. The molecule has 1 heterocycles. The van der Waals surface area contributed by atoms with E-state index in [0.717, 1.165) is 32.5 Å². The van der Waals surface area contributed by atoms with Gasteiger partial charge in [0, 0.05) is 25.8 Å². The van der Waals surface area contributed by atoms with Crippen molar-refractivity contribution in [3.8, 4) is 5.75 Å². The molecule has 0 aliphatic carbocycles. The maximum Gasteiger partial charge on any atom is 0.139 e. The normalized spacial score (nSPS) is 18.8. The van der Waals surface area contributed by atoms with E-state index < -0.39 is 0 Å². The van der Waals surface area contributed by atoms with E-state index in [-0.39, 0.29) is 0 Å². The highest BCUT2D eigenvalue weighted by molar-refractivity contribution is 6.43. The molecule has 0 bridgehead atoms. The molecule has 6 heteroatoms. The Balaban J connectivity index is 1.69. The largest absolute Gasteiger partial charge is 0.491 e. The molecule has 1 fully saturated rings. The zero-order chi connectivity index (χ0) is 13.7. The summed E-state index contributed by atoms with van der Waals surface area (Å²) in [6.45, 7) is 2.99. The Hall–Kier alpha value is -0.190. The average Bonchev–Trinajstić information content (AvgIpc) is 2.88. The summed E-state index contributed by atoms with van der Waals surface area (Å²) >= 11 is 17.8. The first-order valence-electron chi connectivity index (χ1n) is 6.26. The number of hydrogen-bond acceptors (Lipinski definition) is 3. The Morgan fingerprint density at radius 2 is 2.00 bits per heavy atom. The van der Waals surface area contributed by atoms with Crippen molar-refractivity contribution in [1.82, 2.24) is 5.32 Å². The number of benzene rings is 1. The van der Waals surface area contributed by atoms with Crippen LogP contribution in [-0.2, 0) is 4.74 Å². The van der Waals surface area contributed by atoms with Crippen LogP contribution < -0.4 is 10.1 Å². The summed E-state index contributed by atoms with van der Waals surface area (Å²) in [6.07, 6.45) is 2.63. The van der Waals surface area contributed by atoms with Crippen LogP contribution in [0.25, 0.3) is 0 Å². The molecule has 1 aromatic rings. The van der Waals surface area contributed by atoms with Crippen LogP contribution in [0.4, 0.5) is 0 Å². The van der Waals surface area contributed by atoms with Gasteiger partial charge in [0.05, 0.1) is 21.2 Å². The summed E-state index contributed by atoms with van der Waals surface area (Å²) in [4.78, 5) is 0. The van der Waals surface area contributed by atoms with Crippen LogP contribution in [0.1, 0.15) is 12.8 Å². The van der Waals surface area contributed by atoms with Gasteiger partial charge in [-0.05, 0) is 18.9 Å². The molecule has 106 valence electrons. The summed E-state index contributed by atoms with van der Waals surface area (Å²) in [6, 6.07) is 3.22. The summed E-state index contributed by atoms with van der Waals surface area (Å²) in [5.41, 5.74) is 0. The minimum Gasteiger partial charge on any atom is -0.491 e. The van der Waals surface area contributed by atoms with Gasteiger partial charge in [0.25, 0.3) is 0 Å². The molecule has 3 nitrogen and oxygen atoms in total. The maximum atomic E-state index is 6.01. The maximum absolute atomic E-state index is 6.01. The fourth-order valence-electron chi connectivity index (χ4n) is 1.92. The molecule has 0 aromatic heterocycles. The van der Waals surface area contributed by atoms with E-state index in [1.54, 1.807) is 12.1 Å². The minimum atomic E-state index is 0.341. The summed E-state index contributed by atoms with van der Waals surface area (Å²) in [7, 11) is 0. The highest BCUT2D eigenvalue weighted by Gasteiger charge is 2.14. The molecule has 1 aromatic carbocycles. The van der Waals surface area contributed by atoms with Crippen LogP contribution in [0, 0.1) is 0 Å². The Labute approximate surface area is 128 Å². The predicted octanol–water partition coefficient (Wildman–Crippen LogP) is 3.79. The topological polar surface area (TPSA) is 30.5 Å². The fourth-order valence-corrected chi connectivity index (χ4v) is 2.51. The molecular formula is C13H16Cl3NO2. The van der Waals surface area contributed by atoms with E-state index in [2.05, 4.69) is 5.32 Å². The van der Waals surface area contributed by atoms with Crippen molar-refractivity contribution in [2.75, 3.05) is 26.3 Å². The van der Waals surface area contributed by atoms with Crippen LogP contribution in [0.3, 0.4) is 0 Å². The number of hydrogen-bond donors (Lipinski definition) is 1. The molecule has 0 radical (unpaired) electrons. The monoisotopic (exact) mass is 323 g/mol. The smallest absolute Gasteiger partial charge is 0.139 e. The lowest BCUT2D eigenvalue weighted by Crippen LogP contribution is -2.29. The minimum absolute atomic E-state index is 0.341. The van der Waals surface area contributed by atoms with Gasteiger partial charge in [-0.3, -0.25) is 0 Å². The lowest BCUT2D eigenvalue weighted by atomic mass is 10.2. The van der Waals surface area contributed by atoms with Crippen LogP contribution in [0.2, 0.25) is 15.1 Å². The molecular weight excluding hydrogens is 309 g/mol. The Morgan fingerprint density at radius 3 is 2.74 bits per heavy atom. The van der Waals surface area contributed by atoms with Crippen LogP contribution >= 0.6 is 34.8 Å². The third-order valence-electron chi connectivity index (χ3n) is 2.91. The van der Waals surface area contributed by atoms with Gasteiger partial charge in [-0.25, -0.2) is 0 Å². The van der Waals surface area contributed by atoms with Crippen molar-refractivity contribution < 1.29 is 9.47 Å². The van der Waals surface area contributed by atoms with E-state index >= 15 is 0 Å². The van der Waals surface area contributed by atoms with Crippen molar-refractivity contribution in [3.63, 3.8) is 0 Å². The van der Waals surface area contributed by atoms with Crippen LogP contribution in [0.15, 0.2) is 12.1 Å². The van der Waals surface area contributed by atoms with Gasteiger partial charge >= 0.3 is 0 Å². The third kappa shape index (κ3) is 4.69. The highest BCUT2D eigenvalue weighted by atomic mass is 35.5. The first kappa shape index (κ1) is 15.2. The van der Waals surface area contributed by atoms with Gasteiger partial charge in [-0.1, -0.05) is 34.8 Å². The number of ether oxygens (including phenoxy) is 2. The number of rotatable bonds is 6. The summed E-state index contributed by atoms with van der Waals surface area (Å²) in [5.74, 6) is 0.551. The second-order valence-corrected chi connectivity index (χ2v) is 5.61. The van der Waals surface area contributed by atoms with Crippen LogP contribution in [-0.4, -0.2) is 32.4 Å². The predicted molar refractivity (Wildman–Crippen MR) is 78.8 cm³/mol. The van der Waals surface area contributed by atoms with Gasteiger partial charge in [-0.15, -0.1) is 0 Å². The van der Waals surface area contributed by atoms with Gasteiger partial charge in [0.2, 0.25) is 0 Å². The van der Waals surface area contributed by atoms with Gasteiger partial charge < -0.3 is 14.8 Å². The number of halogens is 3. The molecule has 1 unspecified atom stereocenters. The lowest BCUT2D eigenvalue weighted by Gasteiger charge is -2.12. The van der Waals surface area contributed by atoms with Gasteiger partial charge in [0.1, 0.15) is 12.4 Å². The molecule has 1 aliphatic rings. The van der Waals surface area contributed by atoms with Crippen molar-refractivity contribution in [1.29, 1.82) is 0 Å². The lowest BCUT2D eigenvalue weighted by molar-refractivity contribution is 0.109. The quantitative estimate of drug-likeness (QED) is 0.638. The van der Waals surface area contributed by atoms with Crippen molar-refractivity contribution in [3.05, 3.63) is 27.2 Å². The van der Waals surface area contributed by atoms with Gasteiger partial charge in [0.15, 0.2) is 0 Å². The van der Waals surface area contributed by atoms with Crippen LogP contribution in [0.5, 0.6) is 5.75 Å². The second-order valence-electron chi connectivity index (χ2n) is 4.38. The van der Waals surface area contributed by atoms with Gasteiger partial charge in [-0.2, -0.15) is 0 Å². The fraction of sp³-hybridized carbons (Fsp3) is 0.538. The zero-order valence-electron chi connectivity index (χ0n) is 10.4. The van der Waals surface area contributed by atoms with E-state index in [1.807, 2.05) is 0 Å². The average molecular weight is 325 g/mol. The van der Waals surface area contributed by atoms with E-state index in [9.17, 15) is 0 Å². The van der Waals surface area contributed by atoms with Crippen molar-refractivity contribution in [2.45, 2.75) is 18.9 Å². The molecule has 0 saturated carbocycles. The zero-order valence-corrected chi connectivity index (χ0v) is 12.7. The van der Waals surface area contributed by atoms with E-state index in [1.165, 1.54) is 0 Å². The molecule has 1 aliphatic heterocycles. The third-order valence-corrected chi connectivity index (χ3v) is 3.92. The molecule has 1 atom stereocenters. The highest BCUT2D eigenvalue weighted by Crippen LogP contribution is 2.33. The number of nitrogens with one attached hydrogen (secondary N) is 1. The molecule has 0 spiro atoms. The van der Waals surface area contributed by atoms with Crippen molar-refractivity contribution in [2.24, 2.45) is 0 Å². The second kappa shape index (κ2) is 7.55. The Bertz CT molecular complexity index is 423. The Kier molecular flexibility index (Phi) is 6.05. The van der Waals surface area contributed by atoms with E-state index in [0.29, 0.717) is 33.5 Å². The molecule has 2 rings (SSSR count). The van der Waals surface area contributed by atoms with E-state index in [4.69, 9.17) is 44.3 Å². The summed E-state index contributed by atoms with van der Waals surface area (Å²) in [5, 5.41) is 4.62. The SMILES string of the molecule is Clc1cc(Cl)c(OCCNCC2CCCO2)cc1Cl. The molecule has 1 N–H and O–H groups in total. The molecule has 0 amide bonds. The first-order chi connectivity index (χ1) is 9.16. The molecule has 1 saturated heterocycles.